The zero-order chi connectivity index (χ0) is 12.8. The van der Waals surface area contributed by atoms with Crippen molar-refractivity contribution in [3.63, 3.8) is 0 Å². The number of benzene rings is 1. The number of rotatable bonds is 4. The van der Waals surface area contributed by atoms with Gasteiger partial charge in [-0.3, -0.25) is 9.59 Å². The van der Waals surface area contributed by atoms with Crippen molar-refractivity contribution in [2.75, 3.05) is 18.8 Å². The van der Waals surface area contributed by atoms with Gasteiger partial charge in [-0.2, -0.15) is 0 Å². The second kappa shape index (κ2) is 5.83. The van der Waals surface area contributed by atoms with Gasteiger partial charge in [0.2, 0.25) is 5.91 Å². The topological polar surface area (TPSA) is 84.2 Å². The maximum absolute atomic E-state index is 12.9. The quantitative estimate of drug-likeness (QED) is 0.659. The van der Waals surface area contributed by atoms with Crippen LogP contribution in [0.5, 0.6) is 0 Å². The van der Waals surface area contributed by atoms with Crippen molar-refractivity contribution in [1.29, 1.82) is 0 Å². The number of hydrogen-bond donors (Lipinski definition) is 3. The molecule has 2 amide bonds. The summed E-state index contributed by atoms with van der Waals surface area (Å²) < 4.78 is 12.9. The van der Waals surface area contributed by atoms with Gasteiger partial charge in [0.25, 0.3) is 5.91 Å². The Morgan fingerprint density at radius 2 is 2.06 bits per heavy atom. The van der Waals surface area contributed by atoms with Gasteiger partial charge in [0.05, 0.1) is 12.1 Å². The first-order chi connectivity index (χ1) is 8.04. The first-order valence-corrected chi connectivity index (χ1v) is 5.14. The molecule has 0 atom stereocenters. The number of carbonyl (C=O) groups excluding carboxylic acids is 2. The van der Waals surface area contributed by atoms with E-state index in [9.17, 15) is 14.0 Å². The lowest BCUT2D eigenvalue weighted by Crippen LogP contribution is -2.37. The molecule has 0 saturated carbocycles. The lowest BCUT2D eigenvalue weighted by molar-refractivity contribution is -0.120. The highest BCUT2D eigenvalue weighted by atomic mass is 19.1. The third kappa shape index (κ3) is 3.75. The second-order valence-corrected chi connectivity index (χ2v) is 3.37. The number of amides is 2. The summed E-state index contributed by atoms with van der Waals surface area (Å²) in [6.07, 6.45) is 0. The molecule has 92 valence electrons. The summed E-state index contributed by atoms with van der Waals surface area (Å²) in [5.41, 5.74) is 5.72. The summed E-state index contributed by atoms with van der Waals surface area (Å²) in [6, 6.07) is 3.49. The zero-order valence-electron chi connectivity index (χ0n) is 9.42. The van der Waals surface area contributed by atoms with Crippen LogP contribution in [0, 0.1) is 5.82 Å². The Morgan fingerprint density at radius 1 is 1.35 bits per heavy atom. The molecule has 0 spiro atoms. The van der Waals surface area contributed by atoms with E-state index in [4.69, 9.17) is 5.73 Å². The summed E-state index contributed by atoms with van der Waals surface area (Å²) in [5, 5.41) is 4.87. The fraction of sp³-hybridized carbons (Fsp3) is 0.273. The maximum atomic E-state index is 12.9. The minimum Gasteiger partial charge on any atom is -0.398 e. The van der Waals surface area contributed by atoms with Crippen LogP contribution in [0.1, 0.15) is 17.3 Å². The van der Waals surface area contributed by atoms with Crippen LogP contribution in [-0.4, -0.2) is 24.9 Å². The van der Waals surface area contributed by atoms with Gasteiger partial charge in [-0.1, -0.05) is 0 Å². The van der Waals surface area contributed by atoms with E-state index in [0.717, 1.165) is 12.1 Å². The monoisotopic (exact) mass is 239 g/mol. The Labute approximate surface area is 98.2 Å². The van der Waals surface area contributed by atoms with Gasteiger partial charge in [0.1, 0.15) is 5.82 Å². The Morgan fingerprint density at radius 3 is 2.71 bits per heavy atom. The van der Waals surface area contributed by atoms with E-state index < -0.39 is 11.7 Å². The molecule has 0 aromatic heterocycles. The first-order valence-electron chi connectivity index (χ1n) is 5.14. The predicted octanol–water partition coefficient (Wildman–Crippen LogP) is 0.274. The SMILES string of the molecule is CCNC(=O)CNC(=O)c1cc(F)ccc1N. The molecule has 0 aliphatic rings. The van der Waals surface area contributed by atoms with E-state index in [0.29, 0.717) is 6.54 Å². The van der Waals surface area contributed by atoms with Crippen LogP contribution in [-0.2, 0) is 4.79 Å². The van der Waals surface area contributed by atoms with Crippen molar-refractivity contribution in [3.05, 3.63) is 29.6 Å². The fourth-order valence-electron chi connectivity index (χ4n) is 1.24. The lowest BCUT2D eigenvalue weighted by Gasteiger charge is -2.07. The summed E-state index contributed by atoms with van der Waals surface area (Å²) in [7, 11) is 0. The Balaban J connectivity index is 2.64. The zero-order valence-corrected chi connectivity index (χ0v) is 9.42. The third-order valence-electron chi connectivity index (χ3n) is 2.04. The van der Waals surface area contributed by atoms with Crippen molar-refractivity contribution in [3.8, 4) is 0 Å². The van der Waals surface area contributed by atoms with Crippen LogP contribution < -0.4 is 16.4 Å². The molecule has 0 heterocycles. The van der Waals surface area contributed by atoms with Gasteiger partial charge in [0, 0.05) is 12.2 Å². The second-order valence-electron chi connectivity index (χ2n) is 3.37. The first kappa shape index (κ1) is 13.0. The van der Waals surface area contributed by atoms with E-state index in [-0.39, 0.29) is 23.7 Å². The van der Waals surface area contributed by atoms with Crippen LogP contribution in [0.4, 0.5) is 10.1 Å². The molecule has 0 bridgehead atoms. The number of likely N-dealkylation sites (N-methyl/N-ethyl adjacent to an activating group) is 1. The molecule has 1 aromatic carbocycles. The van der Waals surface area contributed by atoms with Crippen molar-refractivity contribution < 1.29 is 14.0 Å². The molecule has 0 aliphatic heterocycles. The van der Waals surface area contributed by atoms with E-state index in [2.05, 4.69) is 10.6 Å². The average Bonchev–Trinajstić information content (AvgIpc) is 2.29. The molecule has 5 nitrogen and oxygen atoms in total. The normalized spacial score (nSPS) is 9.76. The highest BCUT2D eigenvalue weighted by Crippen LogP contribution is 2.12. The van der Waals surface area contributed by atoms with Crippen molar-refractivity contribution >= 4 is 17.5 Å². The molecule has 0 saturated heterocycles. The van der Waals surface area contributed by atoms with E-state index in [1.54, 1.807) is 6.92 Å². The molecule has 0 unspecified atom stereocenters. The number of hydrogen-bond acceptors (Lipinski definition) is 3. The molecule has 1 aromatic rings. The largest absolute Gasteiger partial charge is 0.398 e. The molecule has 6 heteroatoms. The molecular weight excluding hydrogens is 225 g/mol. The van der Waals surface area contributed by atoms with Crippen LogP contribution in [0.15, 0.2) is 18.2 Å². The lowest BCUT2D eigenvalue weighted by atomic mass is 10.1. The van der Waals surface area contributed by atoms with Gasteiger partial charge >= 0.3 is 0 Å². The number of anilines is 1. The number of carbonyl (C=O) groups is 2. The molecule has 4 N–H and O–H groups in total. The minimum absolute atomic E-state index is 0.0225. The Hall–Kier alpha value is -2.11. The van der Waals surface area contributed by atoms with Crippen LogP contribution in [0.3, 0.4) is 0 Å². The van der Waals surface area contributed by atoms with E-state index in [1.165, 1.54) is 6.07 Å². The summed E-state index contributed by atoms with van der Waals surface area (Å²) in [4.78, 5) is 22.7. The van der Waals surface area contributed by atoms with Gasteiger partial charge in [0.15, 0.2) is 0 Å². The van der Waals surface area contributed by atoms with Gasteiger partial charge in [-0.25, -0.2) is 4.39 Å². The van der Waals surface area contributed by atoms with Crippen molar-refractivity contribution in [2.24, 2.45) is 0 Å². The van der Waals surface area contributed by atoms with Gasteiger partial charge < -0.3 is 16.4 Å². The van der Waals surface area contributed by atoms with Crippen LogP contribution >= 0.6 is 0 Å². The maximum Gasteiger partial charge on any atom is 0.253 e. The predicted molar refractivity (Wildman–Crippen MR) is 61.8 cm³/mol. The number of nitrogen functional groups attached to an aromatic ring is 1. The van der Waals surface area contributed by atoms with Crippen molar-refractivity contribution in [1.82, 2.24) is 10.6 Å². The van der Waals surface area contributed by atoms with Gasteiger partial charge in [-0.05, 0) is 25.1 Å². The van der Waals surface area contributed by atoms with E-state index >= 15 is 0 Å². The third-order valence-corrected chi connectivity index (χ3v) is 2.04. The van der Waals surface area contributed by atoms with Crippen LogP contribution in [0.2, 0.25) is 0 Å². The molecule has 0 radical (unpaired) electrons. The Kier molecular flexibility index (Phi) is 4.45. The summed E-state index contributed by atoms with van der Waals surface area (Å²) >= 11 is 0. The average molecular weight is 239 g/mol. The number of nitrogens with two attached hydrogens (primary N) is 1. The number of halogens is 1. The Bertz CT molecular complexity index is 435. The fourth-order valence-corrected chi connectivity index (χ4v) is 1.24. The summed E-state index contributed by atoms with van der Waals surface area (Å²) in [5.74, 6) is -1.44. The molecule has 0 aliphatic carbocycles. The minimum atomic E-state index is -0.576. The standard InChI is InChI=1S/C11H14FN3O2/c1-2-14-10(16)6-15-11(17)8-5-7(12)3-4-9(8)13/h3-5H,2,6,13H2,1H3,(H,14,16)(H,15,17). The van der Waals surface area contributed by atoms with Crippen LogP contribution in [0.25, 0.3) is 0 Å². The van der Waals surface area contributed by atoms with Crippen molar-refractivity contribution in [2.45, 2.75) is 6.92 Å². The van der Waals surface area contributed by atoms with E-state index in [1.807, 2.05) is 0 Å². The molecule has 0 fully saturated rings. The summed E-state index contributed by atoms with van der Waals surface area (Å²) in [6.45, 7) is 2.09. The van der Waals surface area contributed by atoms with Gasteiger partial charge in [-0.15, -0.1) is 0 Å². The molecule has 1 rings (SSSR count). The highest BCUT2D eigenvalue weighted by Gasteiger charge is 2.11. The highest BCUT2D eigenvalue weighted by molar-refractivity contribution is 6.00. The smallest absolute Gasteiger partial charge is 0.253 e. The molecule has 17 heavy (non-hydrogen) atoms. The molecular formula is C11H14FN3O2. The number of nitrogens with one attached hydrogen (secondary N) is 2.